The Morgan fingerprint density at radius 1 is 1.26 bits per heavy atom. The summed E-state index contributed by atoms with van der Waals surface area (Å²) in [7, 11) is 0. The monoisotopic (exact) mass is 264 g/mol. The van der Waals surface area contributed by atoms with Gasteiger partial charge in [0.2, 0.25) is 0 Å². The van der Waals surface area contributed by atoms with Gasteiger partial charge in [-0.05, 0) is 30.7 Å². The van der Waals surface area contributed by atoms with Crippen molar-refractivity contribution >= 4 is 17.5 Å². The van der Waals surface area contributed by atoms with Gasteiger partial charge < -0.3 is 10.4 Å². The average molecular weight is 264 g/mol. The molecule has 0 saturated carbocycles. The van der Waals surface area contributed by atoms with E-state index < -0.39 is 17.6 Å². The number of hydrogen-bond acceptors (Lipinski definition) is 3. The minimum atomic E-state index is -1.12. The highest BCUT2D eigenvalue weighted by Gasteiger charge is 2.09. The first-order valence-electron chi connectivity index (χ1n) is 5.39. The number of nitrogens with zero attached hydrogens (tertiary/aromatic N) is 1. The molecule has 0 aliphatic carbocycles. The topological polar surface area (TPSA) is 62.2 Å². The summed E-state index contributed by atoms with van der Waals surface area (Å²) >= 11 is 0. The number of aromatic carboxylic acids is 1. The highest BCUT2D eigenvalue weighted by Crippen LogP contribution is 2.22. The van der Waals surface area contributed by atoms with Gasteiger partial charge in [-0.1, -0.05) is 0 Å². The molecule has 0 bridgehead atoms. The van der Waals surface area contributed by atoms with Crippen molar-refractivity contribution in [3.8, 4) is 0 Å². The number of aromatic nitrogens is 1. The Hall–Kier alpha value is -2.50. The van der Waals surface area contributed by atoms with Crippen LogP contribution in [0.2, 0.25) is 0 Å². The smallest absolute Gasteiger partial charge is 0.335 e. The Morgan fingerprint density at radius 3 is 2.68 bits per heavy atom. The van der Waals surface area contributed by atoms with Crippen LogP contribution in [0.3, 0.4) is 0 Å². The number of hydrogen-bond donors (Lipinski definition) is 2. The standard InChI is InChI=1S/C13H10F2N2O2/c1-7-4-10(15)11(6-9(7)14)17-12-5-8(13(18)19)2-3-16-12/h2-6H,1H3,(H,16,17)(H,18,19). The second kappa shape index (κ2) is 5.01. The first kappa shape index (κ1) is 12.9. The summed E-state index contributed by atoms with van der Waals surface area (Å²) in [6.07, 6.45) is 1.27. The van der Waals surface area contributed by atoms with Gasteiger partial charge in [-0.15, -0.1) is 0 Å². The third kappa shape index (κ3) is 2.85. The normalized spacial score (nSPS) is 10.3. The second-order valence-corrected chi connectivity index (χ2v) is 3.94. The molecule has 19 heavy (non-hydrogen) atoms. The summed E-state index contributed by atoms with van der Waals surface area (Å²) in [6.45, 7) is 1.45. The lowest BCUT2D eigenvalue weighted by Gasteiger charge is -2.08. The van der Waals surface area contributed by atoms with E-state index in [4.69, 9.17) is 5.11 Å². The highest BCUT2D eigenvalue weighted by atomic mass is 19.1. The highest BCUT2D eigenvalue weighted by molar-refractivity contribution is 5.88. The summed E-state index contributed by atoms with van der Waals surface area (Å²) in [5.74, 6) is -2.19. The first-order chi connectivity index (χ1) is 8.97. The molecular formula is C13H10F2N2O2. The van der Waals surface area contributed by atoms with Crippen molar-refractivity contribution in [1.29, 1.82) is 0 Å². The van der Waals surface area contributed by atoms with Crippen LogP contribution in [0.5, 0.6) is 0 Å². The maximum atomic E-state index is 13.6. The average Bonchev–Trinajstić information content (AvgIpc) is 2.36. The lowest BCUT2D eigenvalue weighted by Crippen LogP contribution is -2.01. The van der Waals surface area contributed by atoms with E-state index in [2.05, 4.69) is 10.3 Å². The quantitative estimate of drug-likeness (QED) is 0.894. The molecule has 0 saturated heterocycles. The fraction of sp³-hybridized carbons (Fsp3) is 0.0769. The number of carboxylic acid groups (broad SMARTS) is 1. The molecule has 0 atom stereocenters. The van der Waals surface area contributed by atoms with E-state index in [1.165, 1.54) is 25.3 Å². The van der Waals surface area contributed by atoms with Crippen molar-refractivity contribution in [1.82, 2.24) is 4.98 Å². The van der Waals surface area contributed by atoms with Gasteiger partial charge in [-0.3, -0.25) is 0 Å². The van der Waals surface area contributed by atoms with Crippen molar-refractivity contribution in [2.24, 2.45) is 0 Å². The predicted octanol–water partition coefficient (Wildman–Crippen LogP) is 3.11. The lowest BCUT2D eigenvalue weighted by atomic mass is 10.2. The van der Waals surface area contributed by atoms with Crippen LogP contribution in [0.15, 0.2) is 30.5 Å². The van der Waals surface area contributed by atoms with Crippen molar-refractivity contribution in [2.45, 2.75) is 6.92 Å². The number of halogens is 2. The molecule has 0 aliphatic heterocycles. The molecule has 2 rings (SSSR count). The number of benzene rings is 1. The van der Waals surface area contributed by atoms with E-state index in [1.807, 2.05) is 0 Å². The SMILES string of the molecule is Cc1cc(F)c(Nc2cc(C(=O)O)ccn2)cc1F. The first-order valence-corrected chi connectivity index (χ1v) is 5.39. The third-order valence-corrected chi connectivity index (χ3v) is 2.52. The summed E-state index contributed by atoms with van der Waals surface area (Å²) < 4.78 is 27.0. The predicted molar refractivity (Wildman–Crippen MR) is 65.6 cm³/mol. The van der Waals surface area contributed by atoms with Crippen molar-refractivity contribution < 1.29 is 18.7 Å². The molecule has 0 fully saturated rings. The van der Waals surface area contributed by atoms with E-state index >= 15 is 0 Å². The largest absolute Gasteiger partial charge is 0.478 e. The molecule has 2 aromatic rings. The van der Waals surface area contributed by atoms with E-state index in [0.717, 1.165) is 12.1 Å². The Labute approximate surface area is 107 Å². The van der Waals surface area contributed by atoms with Gasteiger partial charge in [0.25, 0.3) is 0 Å². The zero-order valence-corrected chi connectivity index (χ0v) is 9.95. The van der Waals surface area contributed by atoms with Gasteiger partial charge in [-0.25, -0.2) is 18.6 Å². The number of nitrogens with one attached hydrogen (secondary N) is 1. The van der Waals surface area contributed by atoms with Crippen LogP contribution < -0.4 is 5.32 Å². The maximum Gasteiger partial charge on any atom is 0.335 e. The van der Waals surface area contributed by atoms with Gasteiger partial charge in [0, 0.05) is 12.3 Å². The number of pyridine rings is 1. The van der Waals surface area contributed by atoms with Gasteiger partial charge >= 0.3 is 5.97 Å². The van der Waals surface area contributed by atoms with Crippen molar-refractivity contribution in [2.75, 3.05) is 5.32 Å². The van der Waals surface area contributed by atoms with Crippen LogP contribution in [0.4, 0.5) is 20.3 Å². The molecule has 1 heterocycles. The molecule has 0 aliphatic rings. The molecule has 6 heteroatoms. The Morgan fingerprint density at radius 2 is 2.00 bits per heavy atom. The van der Waals surface area contributed by atoms with Gasteiger partial charge in [-0.2, -0.15) is 0 Å². The summed E-state index contributed by atoms with van der Waals surface area (Å²) in [6, 6.07) is 4.59. The fourth-order valence-corrected chi connectivity index (χ4v) is 1.51. The minimum Gasteiger partial charge on any atom is -0.478 e. The molecule has 98 valence electrons. The number of carboxylic acids is 1. The Bertz CT molecular complexity index is 645. The van der Waals surface area contributed by atoms with Crippen LogP contribution in [0.1, 0.15) is 15.9 Å². The second-order valence-electron chi connectivity index (χ2n) is 3.94. The van der Waals surface area contributed by atoms with E-state index in [9.17, 15) is 13.6 Å². The van der Waals surface area contributed by atoms with Crippen LogP contribution in [-0.2, 0) is 0 Å². The van der Waals surface area contributed by atoms with Crippen LogP contribution >= 0.6 is 0 Å². The van der Waals surface area contributed by atoms with Crippen LogP contribution in [-0.4, -0.2) is 16.1 Å². The van der Waals surface area contributed by atoms with E-state index in [1.54, 1.807) is 0 Å². The number of aryl methyl sites for hydroxylation is 1. The Balaban J connectivity index is 2.33. The van der Waals surface area contributed by atoms with Crippen LogP contribution in [0.25, 0.3) is 0 Å². The number of anilines is 2. The molecule has 1 aromatic carbocycles. The van der Waals surface area contributed by atoms with Crippen LogP contribution in [0, 0.1) is 18.6 Å². The molecule has 0 radical (unpaired) electrons. The summed E-state index contributed by atoms with van der Waals surface area (Å²) in [5.41, 5.74) is 0.0962. The van der Waals surface area contributed by atoms with Gasteiger partial charge in [0.15, 0.2) is 0 Å². The van der Waals surface area contributed by atoms with E-state index in [-0.39, 0.29) is 22.6 Å². The van der Waals surface area contributed by atoms with Crippen molar-refractivity contribution in [3.05, 3.63) is 53.2 Å². The zero-order valence-electron chi connectivity index (χ0n) is 9.95. The van der Waals surface area contributed by atoms with Gasteiger partial charge in [0.05, 0.1) is 11.3 Å². The van der Waals surface area contributed by atoms with Crippen molar-refractivity contribution in [3.63, 3.8) is 0 Å². The molecule has 1 aromatic heterocycles. The molecule has 0 spiro atoms. The Kier molecular flexibility index (Phi) is 3.41. The van der Waals surface area contributed by atoms with E-state index in [0.29, 0.717) is 0 Å². The molecule has 4 nitrogen and oxygen atoms in total. The molecule has 0 unspecified atom stereocenters. The van der Waals surface area contributed by atoms with Gasteiger partial charge in [0.1, 0.15) is 17.5 Å². The number of rotatable bonds is 3. The third-order valence-electron chi connectivity index (χ3n) is 2.52. The summed E-state index contributed by atoms with van der Waals surface area (Å²) in [5, 5.41) is 11.4. The molecule has 0 amide bonds. The molecular weight excluding hydrogens is 254 g/mol. The lowest BCUT2D eigenvalue weighted by molar-refractivity contribution is 0.0697. The molecule has 2 N–H and O–H groups in total. The summed E-state index contributed by atoms with van der Waals surface area (Å²) in [4.78, 5) is 14.6. The fourth-order valence-electron chi connectivity index (χ4n) is 1.51. The minimum absolute atomic E-state index is 0.00508. The zero-order chi connectivity index (χ0) is 14.0. The number of carbonyl (C=O) groups is 1. The maximum absolute atomic E-state index is 13.6.